The van der Waals surface area contributed by atoms with Gasteiger partial charge in [-0.25, -0.2) is 4.98 Å². The number of anilines is 1. The number of nitrogens with zero attached hydrogens (tertiary/aromatic N) is 5. The van der Waals surface area contributed by atoms with Crippen LogP contribution < -0.4 is 10.1 Å². The number of nitrogens with one attached hydrogen (secondary N) is 1. The van der Waals surface area contributed by atoms with E-state index in [1.54, 1.807) is 6.92 Å². The van der Waals surface area contributed by atoms with E-state index in [0.717, 1.165) is 49.8 Å². The summed E-state index contributed by atoms with van der Waals surface area (Å²) < 4.78 is 53.3. The fourth-order valence-corrected chi connectivity index (χ4v) is 4.40. The van der Waals surface area contributed by atoms with Gasteiger partial charge in [0.1, 0.15) is 23.6 Å². The SMILES string of the molecule is CC1(COc2nc(N[C@@H]3CCC[C@H](c4nnc5ccccn45)C3)ncc2C(F)(F)F)CCO1. The third-order valence-electron chi connectivity index (χ3n) is 6.37. The third-order valence-corrected chi connectivity index (χ3v) is 6.37. The van der Waals surface area contributed by atoms with E-state index in [1.807, 2.05) is 28.8 Å². The smallest absolute Gasteiger partial charge is 0.423 e. The van der Waals surface area contributed by atoms with Crippen LogP contribution in [0.5, 0.6) is 5.88 Å². The molecule has 3 atom stereocenters. The highest BCUT2D eigenvalue weighted by Gasteiger charge is 2.39. The fraction of sp³-hybridized carbons (Fsp3) is 0.545. The van der Waals surface area contributed by atoms with E-state index < -0.39 is 23.2 Å². The first-order valence-electron chi connectivity index (χ1n) is 11.1. The van der Waals surface area contributed by atoms with Gasteiger partial charge >= 0.3 is 6.18 Å². The van der Waals surface area contributed by atoms with E-state index in [2.05, 4.69) is 25.5 Å². The Morgan fingerprint density at radius 3 is 2.88 bits per heavy atom. The van der Waals surface area contributed by atoms with Crippen molar-refractivity contribution in [2.24, 2.45) is 0 Å². The maximum atomic E-state index is 13.5. The van der Waals surface area contributed by atoms with Gasteiger partial charge in [0.15, 0.2) is 5.65 Å². The summed E-state index contributed by atoms with van der Waals surface area (Å²) in [5.41, 5.74) is -0.786. The van der Waals surface area contributed by atoms with E-state index >= 15 is 0 Å². The average Bonchev–Trinajstić information content (AvgIpc) is 3.20. The van der Waals surface area contributed by atoms with Crippen LogP contribution in [0.15, 0.2) is 30.6 Å². The van der Waals surface area contributed by atoms with Crippen LogP contribution in [0.1, 0.15) is 56.3 Å². The van der Waals surface area contributed by atoms with Crippen molar-refractivity contribution in [1.29, 1.82) is 0 Å². The molecular weight excluding hydrogens is 437 g/mol. The number of ether oxygens (including phenoxy) is 2. The van der Waals surface area contributed by atoms with Crippen molar-refractivity contribution in [2.45, 2.75) is 62.8 Å². The van der Waals surface area contributed by atoms with Gasteiger partial charge in [0.05, 0.1) is 6.61 Å². The highest BCUT2D eigenvalue weighted by Crippen LogP contribution is 2.37. The molecule has 176 valence electrons. The predicted molar refractivity (Wildman–Crippen MR) is 113 cm³/mol. The van der Waals surface area contributed by atoms with Crippen LogP contribution in [0.4, 0.5) is 19.1 Å². The number of aromatic nitrogens is 5. The molecule has 2 fully saturated rings. The lowest BCUT2D eigenvalue weighted by Crippen LogP contribution is -2.46. The second-order valence-electron chi connectivity index (χ2n) is 8.94. The Labute approximate surface area is 188 Å². The monoisotopic (exact) mass is 462 g/mol. The van der Waals surface area contributed by atoms with Crippen LogP contribution >= 0.6 is 0 Å². The van der Waals surface area contributed by atoms with Gasteiger partial charge in [0.2, 0.25) is 11.8 Å². The summed E-state index contributed by atoms with van der Waals surface area (Å²) >= 11 is 0. The van der Waals surface area contributed by atoms with Crippen molar-refractivity contribution >= 4 is 11.6 Å². The lowest BCUT2D eigenvalue weighted by atomic mass is 9.85. The zero-order chi connectivity index (χ0) is 23.1. The van der Waals surface area contributed by atoms with Crippen molar-refractivity contribution in [2.75, 3.05) is 18.5 Å². The van der Waals surface area contributed by atoms with Crippen molar-refractivity contribution in [3.05, 3.63) is 42.0 Å². The molecule has 5 rings (SSSR count). The standard InChI is InChI=1S/C22H25F3N6O2/c1-21(8-10-33-21)13-32-19-16(22(23,24)25)12-26-20(28-19)27-15-6-4-5-14(11-15)18-30-29-17-7-2-3-9-31(17)18/h2-3,7,9,12,14-15H,4-6,8,10-11,13H2,1H3,(H,26,27,28)/t14-,15+,21?/m0/s1. The Hall–Kier alpha value is -2.95. The summed E-state index contributed by atoms with van der Waals surface area (Å²) in [6.07, 6.45) is 2.36. The number of halogens is 3. The van der Waals surface area contributed by atoms with Crippen LogP contribution in [0.2, 0.25) is 0 Å². The molecule has 0 amide bonds. The molecule has 0 aromatic carbocycles. The molecular formula is C22H25F3N6O2. The molecule has 1 aliphatic carbocycles. The van der Waals surface area contributed by atoms with E-state index in [1.165, 1.54) is 0 Å². The fourth-order valence-electron chi connectivity index (χ4n) is 4.40. The normalized spacial score (nSPS) is 25.6. The molecule has 4 heterocycles. The summed E-state index contributed by atoms with van der Waals surface area (Å²) in [5, 5.41) is 11.8. The number of fused-ring (bicyclic) bond motifs is 1. The lowest BCUT2D eigenvalue weighted by molar-refractivity contribution is -0.157. The molecule has 8 nitrogen and oxygen atoms in total. The van der Waals surface area contributed by atoms with Gasteiger partial charge in [0, 0.05) is 30.8 Å². The van der Waals surface area contributed by atoms with Gasteiger partial charge in [0.25, 0.3) is 0 Å². The molecule has 2 aliphatic rings. The summed E-state index contributed by atoms with van der Waals surface area (Å²) in [4.78, 5) is 8.01. The third kappa shape index (κ3) is 4.59. The minimum Gasteiger partial charge on any atom is -0.474 e. The molecule has 3 aromatic heterocycles. The van der Waals surface area contributed by atoms with Crippen LogP contribution in [0.3, 0.4) is 0 Å². The summed E-state index contributed by atoms with van der Waals surface area (Å²) in [5.74, 6) is 0.708. The Bertz CT molecular complexity index is 1130. The molecule has 33 heavy (non-hydrogen) atoms. The first-order chi connectivity index (χ1) is 15.8. The minimum atomic E-state index is -4.61. The Kier molecular flexibility index (Phi) is 5.59. The van der Waals surface area contributed by atoms with Crippen LogP contribution in [0, 0.1) is 0 Å². The van der Waals surface area contributed by atoms with Crippen molar-refractivity contribution in [3.8, 4) is 5.88 Å². The molecule has 1 saturated carbocycles. The molecule has 0 spiro atoms. The largest absolute Gasteiger partial charge is 0.474 e. The molecule has 1 saturated heterocycles. The molecule has 1 unspecified atom stereocenters. The zero-order valence-electron chi connectivity index (χ0n) is 18.2. The molecule has 1 aliphatic heterocycles. The molecule has 0 radical (unpaired) electrons. The van der Waals surface area contributed by atoms with Gasteiger partial charge in [-0.05, 0) is 38.3 Å². The summed E-state index contributed by atoms with van der Waals surface area (Å²) in [7, 11) is 0. The van der Waals surface area contributed by atoms with Gasteiger partial charge in [-0.15, -0.1) is 10.2 Å². The highest BCUT2D eigenvalue weighted by molar-refractivity contribution is 5.38. The van der Waals surface area contributed by atoms with E-state index in [-0.39, 0.29) is 24.5 Å². The number of pyridine rings is 1. The number of hydrogen-bond acceptors (Lipinski definition) is 7. The van der Waals surface area contributed by atoms with Crippen LogP contribution in [0.25, 0.3) is 5.65 Å². The maximum absolute atomic E-state index is 13.5. The van der Waals surface area contributed by atoms with Crippen molar-refractivity contribution in [3.63, 3.8) is 0 Å². The lowest BCUT2D eigenvalue weighted by Gasteiger charge is -2.38. The van der Waals surface area contributed by atoms with Gasteiger partial charge in [-0.2, -0.15) is 18.2 Å². The van der Waals surface area contributed by atoms with Gasteiger partial charge < -0.3 is 14.8 Å². The van der Waals surface area contributed by atoms with E-state index in [0.29, 0.717) is 6.61 Å². The Balaban J connectivity index is 1.32. The van der Waals surface area contributed by atoms with Crippen LogP contribution in [-0.4, -0.2) is 49.4 Å². The second-order valence-corrected chi connectivity index (χ2v) is 8.94. The quantitative estimate of drug-likeness (QED) is 0.587. The predicted octanol–water partition coefficient (Wildman–Crippen LogP) is 4.23. The summed E-state index contributed by atoms with van der Waals surface area (Å²) in [6, 6.07) is 5.75. The van der Waals surface area contributed by atoms with Crippen molar-refractivity contribution < 1.29 is 22.6 Å². The molecule has 3 aromatic rings. The Morgan fingerprint density at radius 2 is 2.12 bits per heavy atom. The van der Waals surface area contributed by atoms with Crippen molar-refractivity contribution in [1.82, 2.24) is 24.6 Å². The number of alkyl halides is 3. The molecule has 1 N–H and O–H groups in total. The second kappa shape index (κ2) is 8.44. The first kappa shape index (κ1) is 21.9. The molecule has 11 heteroatoms. The van der Waals surface area contributed by atoms with E-state index in [9.17, 15) is 13.2 Å². The maximum Gasteiger partial charge on any atom is 0.423 e. The number of hydrogen-bond donors (Lipinski definition) is 1. The first-order valence-corrected chi connectivity index (χ1v) is 11.1. The summed E-state index contributed by atoms with van der Waals surface area (Å²) in [6.45, 7) is 2.38. The van der Waals surface area contributed by atoms with Gasteiger partial charge in [-0.3, -0.25) is 4.40 Å². The van der Waals surface area contributed by atoms with E-state index in [4.69, 9.17) is 9.47 Å². The van der Waals surface area contributed by atoms with Crippen LogP contribution in [-0.2, 0) is 10.9 Å². The molecule has 0 bridgehead atoms. The van der Waals surface area contributed by atoms with Gasteiger partial charge in [-0.1, -0.05) is 12.5 Å². The topological polar surface area (TPSA) is 86.5 Å². The zero-order valence-corrected chi connectivity index (χ0v) is 18.2. The minimum absolute atomic E-state index is 0.00199. The highest BCUT2D eigenvalue weighted by atomic mass is 19.4. The average molecular weight is 462 g/mol. The number of rotatable bonds is 6. The Morgan fingerprint density at radius 1 is 1.27 bits per heavy atom.